The van der Waals surface area contributed by atoms with Crippen molar-refractivity contribution in [2.75, 3.05) is 11.5 Å². The molecule has 2 amide bonds. The van der Waals surface area contributed by atoms with Crippen molar-refractivity contribution in [3.05, 3.63) is 22.2 Å². The van der Waals surface area contributed by atoms with Crippen LogP contribution < -0.4 is 5.32 Å². The zero-order chi connectivity index (χ0) is 17.0. The van der Waals surface area contributed by atoms with Gasteiger partial charge in [-0.25, -0.2) is 4.79 Å². The average molecular weight is 356 g/mol. The number of amides is 2. The molecule has 6 nitrogen and oxygen atoms in total. The number of carboxylic acids is 1. The second kappa shape index (κ2) is 7.92. The number of rotatable bonds is 8. The molecule has 0 aliphatic carbocycles. The SMILES string of the molecule is CCSCC[C@H]1C(=O)N2C(C(=O)O)=C(S/C=C/NC(C)=O)C[C@H]12. The minimum absolute atomic E-state index is 0.0253. The van der Waals surface area contributed by atoms with Crippen LogP contribution in [-0.4, -0.2) is 45.3 Å². The van der Waals surface area contributed by atoms with Gasteiger partial charge in [-0.1, -0.05) is 18.7 Å². The minimum atomic E-state index is -1.07. The van der Waals surface area contributed by atoms with Gasteiger partial charge in [0.05, 0.1) is 12.0 Å². The summed E-state index contributed by atoms with van der Waals surface area (Å²) < 4.78 is 0. The van der Waals surface area contributed by atoms with E-state index in [1.54, 1.807) is 17.2 Å². The fraction of sp³-hybridized carbons (Fsp3) is 0.533. The van der Waals surface area contributed by atoms with Gasteiger partial charge in [-0.15, -0.1) is 0 Å². The molecular weight excluding hydrogens is 336 g/mol. The Balaban J connectivity index is 2.02. The Labute approximate surface area is 143 Å². The van der Waals surface area contributed by atoms with Crippen molar-refractivity contribution >= 4 is 41.3 Å². The Kier molecular flexibility index (Phi) is 6.17. The van der Waals surface area contributed by atoms with E-state index in [4.69, 9.17) is 0 Å². The first-order chi connectivity index (χ1) is 11.0. The third-order valence-corrected chi connectivity index (χ3v) is 5.64. The number of carbonyl (C=O) groups is 3. The highest BCUT2D eigenvalue weighted by Crippen LogP contribution is 2.47. The Morgan fingerprint density at radius 2 is 2.22 bits per heavy atom. The molecule has 2 atom stereocenters. The summed E-state index contributed by atoms with van der Waals surface area (Å²) in [6, 6.07) is -0.0253. The molecule has 0 aromatic rings. The van der Waals surface area contributed by atoms with Crippen molar-refractivity contribution in [3.8, 4) is 0 Å². The van der Waals surface area contributed by atoms with E-state index in [-0.39, 0.29) is 29.5 Å². The van der Waals surface area contributed by atoms with Crippen molar-refractivity contribution in [1.29, 1.82) is 0 Å². The molecule has 0 unspecified atom stereocenters. The number of fused-ring (bicyclic) bond motifs is 1. The van der Waals surface area contributed by atoms with Gasteiger partial charge < -0.3 is 15.3 Å². The Bertz CT molecular complexity index is 574. The summed E-state index contributed by atoms with van der Waals surface area (Å²) in [4.78, 5) is 36.6. The molecular formula is C15H20N2O4S2. The second-order valence-electron chi connectivity index (χ2n) is 5.27. The molecule has 2 aliphatic rings. The molecule has 0 aromatic carbocycles. The molecule has 0 bridgehead atoms. The molecule has 0 aromatic heterocycles. The van der Waals surface area contributed by atoms with Crippen LogP contribution in [0.3, 0.4) is 0 Å². The number of thioether (sulfide) groups is 2. The van der Waals surface area contributed by atoms with Crippen LogP contribution in [0, 0.1) is 5.92 Å². The number of carboxylic acid groups (broad SMARTS) is 1. The second-order valence-corrected chi connectivity index (χ2v) is 7.66. The average Bonchev–Trinajstić information content (AvgIpc) is 2.83. The lowest BCUT2D eigenvalue weighted by Crippen LogP contribution is -2.58. The lowest BCUT2D eigenvalue weighted by molar-refractivity contribution is -0.155. The van der Waals surface area contributed by atoms with E-state index in [0.29, 0.717) is 11.3 Å². The van der Waals surface area contributed by atoms with E-state index in [9.17, 15) is 19.5 Å². The van der Waals surface area contributed by atoms with Gasteiger partial charge in [0.2, 0.25) is 11.8 Å². The maximum atomic E-state index is 12.3. The van der Waals surface area contributed by atoms with Gasteiger partial charge in [-0.2, -0.15) is 11.8 Å². The summed E-state index contributed by atoms with van der Waals surface area (Å²) in [7, 11) is 0. The highest BCUT2D eigenvalue weighted by atomic mass is 32.2. The summed E-state index contributed by atoms with van der Waals surface area (Å²) in [5.41, 5.74) is 0.0943. The largest absolute Gasteiger partial charge is 0.477 e. The number of β-lactam (4-membered cyclic amide) rings is 1. The molecule has 126 valence electrons. The first kappa shape index (κ1) is 17.9. The number of hydrogen-bond donors (Lipinski definition) is 2. The lowest BCUT2D eigenvalue weighted by atomic mass is 9.85. The molecule has 1 fully saturated rings. The van der Waals surface area contributed by atoms with E-state index in [2.05, 4.69) is 12.2 Å². The van der Waals surface area contributed by atoms with Gasteiger partial charge in [0.15, 0.2) is 0 Å². The summed E-state index contributed by atoms with van der Waals surface area (Å²) >= 11 is 3.04. The predicted molar refractivity (Wildman–Crippen MR) is 91.6 cm³/mol. The summed E-state index contributed by atoms with van der Waals surface area (Å²) in [5.74, 6) is 0.533. The topological polar surface area (TPSA) is 86.7 Å². The summed E-state index contributed by atoms with van der Waals surface area (Å²) in [6.45, 7) is 3.48. The van der Waals surface area contributed by atoms with Gasteiger partial charge in [-0.3, -0.25) is 9.59 Å². The zero-order valence-electron chi connectivity index (χ0n) is 13.1. The number of aliphatic carboxylic acids is 1. The molecule has 8 heteroatoms. The summed E-state index contributed by atoms with van der Waals surface area (Å²) in [5, 5.41) is 13.6. The van der Waals surface area contributed by atoms with Crippen LogP contribution in [0.4, 0.5) is 0 Å². The maximum Gasteiger partial charge on any atom is 0.353 e. The van der Waals surface area contributed by atoms with Crippen molar-refractivity contribution < 1.29 is 19.5 Å². The van der Waals surface area contributed by atoms with E-state index < -0.39 is 5.97 Å². The van der Waals surface area contributed by atoms with Gasteiger partial charge in [0.1, 0.15) is 5.70 Å². The van der Waals surface area contributed by atoms with E-state index in [1.165, 1.54) is 29.8 Å². The van der Waals surface area contributed by atoms with Gasteiger partial charge >= 0.3 is 5.97 Å². The molecule has 2 aliphatic heterocycles. The third kappa shape index (κ3) is 3.92. The van der Waals surface area contributed by atoms with E-state index in [1.807, 2.05) is 0 Å². The van der Waals surface area contributed by atoms with Crippen molar-refractivity contribution in [3.63, 3.8) is 0 Å². The number of carbonyl (C=O) groups excluding carboxylic acids is 2. The first-order valence-electron chi connectivity index (χ1n) is 7.43. The number of hydrogen-bond acceptors (Lipinski definition) is 5. The number of nitrogens with zero attached hydrogens (tertiary/aromatic N) is 1. The van der Waals surface area contributed by atoms with Crippen LogP contribution in [0.5, 0.6) is 0 Å². The first-order valence-corrected chi connectivity index (χ1v) is 9.46. The van der Waals surface area contributed by atoms with Crippen molar-refractivity contribution in [1.82, 2.24) is 10.2 Å². The van der Waals surface area contributed by atoms with Crippen LogP contribution in [0.1, 0.15) is 26.7 Å². The maximum absolute atomic E-state index is 12.3. The molecule has 2 rings (SSSR count). The molecule has 2 heterocycles. The Morgan fingerprint density at radius 1 is 1.48 bits per heavy atom. The highest BCUT2D eigenvalue weighted by Gasteiger charge is 2.54. The molecule has 2 N–H and O–H groups in total. The van der Waals surface area contributed by atoms with Crippen LogP contribution in [-0.2, 0) is 14.4 Å². The minimum Gasteiger partial charge on any atom is -0.477 e. The molecule has 23 heavy (non-hydrogen) atoms. The van der Waals surface area contributed by atoms with Gasteiger partial charge in [0, 0.05) is 24.4 Å². The highest BCUT2D eigenvalue weighted by molar-refractivity contribution is 8.05. The van der Waals surface area contributed by atoms with Gasteiger partial charge in [0.25, 0.3) is 0 Å². The summed E-state index contributed by atoms with van der Waals surface area (Å²) in [6.07, 6.45) is 2.85. The fourth-order valence-electron chi connectivity index (χ4n) is 2.80. The van der Waals surface area contributed by atoms with Gasteiger partial charge in [-0.05, 0) is 23.3 Å². The van der Waals surface area contributed by atoms with Crippen LogP contribution >= 0.6 is 23.5 Å². The quantitative estimate of drug-likeness (QED) is 0.511. The lowest BCUT2D eigenvalue weighted by Gasteiger charge is -2.43. The normalized spacial score (nSPS) is 23.2. The van der Waals surface area contributed by atoms with Crippen LogP contribution in [0.25, 0.3) is 0 Å². The smallest absolute Gasteiger partial charge is 0.353 e. The van der Waals surface area contributed by atoms with E-state index in [0.717, 1.165) is 17.9 Å². The standard InChI is InChI=1S/C15H20N2O4S2/c1-3-22-6-4-10-11-8-12(23-7-5-16-9(2)18)13(15(20)21)17(11)14(10)19/h5,7,10-11H,3-4,6,8H2,1-2H3,(H,16,18)(H,20,21)/b7-5+/t10-,11-/m1/s1. The Morgan fingerprint density at radius 3 is 2.83 bits per heavy atom. The molecule has 0 spiro atoms. The van der Waals surface area contributed by atoms with Crippen molar-refractivity contribution in [2.24, 2.45) is 5.92 Å². The molecule has 0 radical (unpaired) electrons. The molecule has 1 saturated heterocycles. The number of nitrogens with one attached hydrogen (secondary N) is 1. The Hall–Kier alpha value is -1.41. The van der Waals surface area contributed by atoms with Crippen molar-refractivity contribution in [2.45, 2.75) is 32.7 Å². The van der Waals surface area contributed by atoms with Crippen LogP contribution in [0.2, 0.25) is 0 Å². The zero-order valence-corrected chi connectivity index (χ0v) is 14.7. The third-order valence-electron chi connectivity index (χ3n) is 3.80. The molecule has 0 saturated carbocycles. The monoisotopic (exact) mass is 356 g/mol. The van der Waals surface area contributed by atoms with E-state index >= 15 is 0 Å². The predicted octanol–water partition coefficient (Wildman–Crippen LogP) is 2.00. The fourth-order valence-corrected chi connectivity index (χ4v) is 4.37. The van der Waals surface area contributed by atoms with Crippen LogP contribution in [0.15, 0.2) is 22.2 Å².